The van der Waals surface area contributed by atoms with E-state index in [1.807, 2.05) is 42.5 Å². The van der Waals surface area contributed by atoms with Crippen molar-refractivity contribution >= 4 is 10.9 Å². The van der Waals surface area contributed by atoms with Crippen molar-refractivity contribution in [1.29, 1.82) is 0 Å². The lowest BCUT2D eigenvalue weighted by Crippen LogP contribution is -2.26. The molecule has 0 unspecified atom stereocenters. The van der Waals surface area contributed by atoms with Crippen LogP contribution in [0.4, 0.5) is 0 Å². The number of aryl methyl sites for hydroxylation is 1. The molecule has 37 heavy (non-hydrogen) atoms. The van der Waals surface area contributed by atoms with Crippen LogP contribution in [0.2, 0.25) is 0 Å². The first kappa shape index (κ1) is 24.5. The topological polar surface area (TPSA) is 110 Å². The number of unbranched alkanes of at least 4 members (excludes halogenated alkanes) is 1. The predicted molar refractivity (Wildman–Crippen MR) is 144 cm³/mol. The number of nitrogens with zero attached hydrogens (tertiary/aromatic N) is 5. The molecule has 0 amide bonds. The van der Waals surface area contributed by atoms with E-state index in [2.05, 4.69) is 39.7 Å². The van der Waals surface area contributed by atoms with Gasteiger partial charge in [0.25, 0.3) is 5.56 Å². The van der Waals surface area contributed by atoms with E-state index in [0.29, 0.717) is 29.7 Å². The lowest BCUT2D eigenvalue weighted by Gasteiger charge is -2.19. The summed E-state index contributed by atoms with van der Waals surface area (Å²) in [6.07, 6.45) is 2.66. The van der Waals surface area contributed by atoms with Crippen LogP contribution < -0.4 is 5.56 Å². The summed E-state index contributed by atoms with van der Waals surface area (Å²) in [5.41, 5.74) is 4.23. The van der Waals surface area contributed by atoms with Crippen LogP contribution in [0.25, 0.3) is 33.4 Å². The number of hydrogen-bond donors (Lipinski definition) is 2. The van der Waals surface area contributed by atoms with Crippen molar-refractivity contribution in [3.8, 4) is 22.5 Å². The summed E-state index contributed by atoms with van der Waals surface area (Å²) in [4.78, 5) is 18.5. The smallest absolute Gasteiger partial charge is 0.261 e. The van der Waals surface area contributed by atoms with Gasteiger partial charge in [0.05, 0.1) is 23.0 Å². The molecule has 0 saturated carbocycles. The second-order valence-electron chi connectivity index (χ2n) is 9.79. The Labute approximate surface area is 215 Å². The van der Waals surface area contributed by atoms with E-state index in [1.54, 1.807) is 30.5 Å². The van der Waals surface area contributed by atoms with Crippen molar-refractivity contribution in [2.24, 2.45) is 0 Å². The summed E-state index contributed by atoms with van der Waals surface area (Å²) in [6, 6.07) is 21.5. The van der Waals surface area contributed by atoms with Crippen molar-refractivity contribution in [3.05, 3.63) is 94.0 Å². The molecule has 8 nitrogen and oxygen atoms in total. The Kier molecular flexibility index (Phi) is 6.67. The zero-order chi connectivity index (χ0) is 26.0. The number of tetrazole rings is 1. The second kappa shape index (κ2) is 10.1. The van der Waals surface area contributed by atoms with E-state index in [4.69, 9.17) is 4.98 Å². The molecule has 8 heteroatoms. The Hall–Kier alpha value is -4.17. The molecule has 3 aromatic carbocycles. The summed E-state index contributed by atoms with van der Waals surface area (Å²) < 4.78 is 1.78. The molecule has 2 heterocycles. The van der Waals surface area contributed by atoms with Gasteiger partial charge in [-0.15, -0.1) is 10.2 Å². The number of aromatic amines is 1. The minimum Gasteiger partial charge on any atom is -0.386 e. The van der Waals surface area contributed by atoms with Gasteiger partial charge < -0.3 is 5.11 Å². The van der Waals surface area contributed by atoms with E-state index in [9.17, 15) is 9.90 Å². The Morgan fingerprint density at radius 3 is 2.43 bits per heavy atom. The molecule has 0 bridgehead atoms. The highest BCUT2D eigenvalue weighted by Gasteiger charge is 2.19. The second-order valence-corrected chi connectivity index (χ2v) is 9.79. The molecule has 5 rings (SSSR count). The number of H-pyrrole nitrogens is 1. The molecule has 5 aromatic rings. The van der Waals surface area contributed by atoms with E-state index >= 15 is 0 Å². The third-order valence-corrected chi connectivity index (χ3v) is 6.61. The van der Waals surface area contributed by atoms with E-state index in [0.717, 1.165) is 46.5 Å². The van der Waals surface area contributed by atoms with Gasteiger partial charge in [-0.2, -0.15) is 5.21 Å². The van der Waals surface area contributed by atoms with Crippen molar-refractivity contribution in [3.63, 3.8) is 0 Å². The highest BCUT2D eigenvalue weighted by Crippen LogP contribution is 2.30. The minimum absolute atomic E-state index is 0.0649. The fourth-order valence-corrected chi connectivity index (χ4v) is 4.51. The fourth-order valence-electron chi connectivity index (χ4n) is 4.51. The van der Waals surface area contributed by atoms with Crippen LogP contribution >= 0.6 is 0 Å². The maximum atomic E-state index is 13.6. The highest BCUT2D eigenvalue weighted by atomic mass is 16.3. The normalized spacial score (nSPS) is 11.8. The molecule has 2 N–H and O–H groups in total. The standard InChI is InChI=1S/C29H30N6O2/c1-4-5-10-26-30-25-17-21(29(2,3)37)15-16-24(25)28(36)35(26)18-19-11-13-20(14-12-19)22-8-6-7-9-23(22)27-31-33-34-32-27/h6-9,11-17,37H,4-5,10,18H2,1-3H3,(H,31,32,33,34). The first-order valence-electron chi connectivity index (χ1n) is 12.5. The van der Waals surface area contributed by atoms with Crippen LogP contribution in [-0.2, 0) is 18.6 Å². The van der Waals surface area contributed by atoms with Crippen LogP contribution in [0, 0.1) is 0 Å². The molecule has 0 spiro atoms. The number of aromatic nitrogens is 6. The number of benzene rings is 3. The molecule has 0 saturated heterocycles. The number of fused-ring (bicyclic) bond motifs is 1. The first-order valence-corrected chi connectivity index (χ1v) is 12.5. The Morgan fingerprint density at radius 2 is 1.76 bits per heavy atom. The fraction of sp³-hybridized carbons (Fsp3) is 0.276. The maximum Gasteiger partial charge on any atom is 0.261 e. The Morgan fingerprint density at radius 1 is 1.00 bits per heavy atom. The van der Waals surface area contributed by atoms with E-state index in [1.165, 1.54) is 0 Å². The number of rotatable bonds is 8. The van der Waals surface area contributed by atoms with Gasteiger partial charge in [-0.3, -0.25) is 9.36 Å². The maximum absolute atomic E-state index is 13.6. The molecular formula is C29H30N6O2. The van der Waals surface area contributed by atoms with Gasteiger partial charge in [-0.25, -0.2) is 4.98 Å². The van der Waals surface area contributed by atoms with E-state index in [-0.39, 0.29) is 5.56 Å². The van der Waals surface area contributed by atoms with Crippen LogP contribution in [0.1, 0.15) is 50.6 Å². The lowest BCUT2D eigenvalue weighted by atomic mass is 9.97. The molecular weight excluding hydrogens is 464 g/mol. The van der Waals surface area contributed by atoms with Gasteiger partial charge in [0.1, 0.15) is 5.82 Å². The van der Waals surface area contributed by atoms with Gasteiger partial charge in [0.15, 0.2) is 0 Å². The molecule has 188 valence electrons. The van der Waals surface area contributed by atoms with Crippen molar-refractivity contribution < 1.29 is 5.11 Å². The third-order valence-electron chi connectivity index (χ3n) is 6.61. The highest BCUT2D eigenvalue weighted by molar-refractivity contribution is 5.80. The molecule has 0 atom stereocenters. The first-order chi connectivity index (χ1) is 17.8. The molecule has 0 aliphatic carbocycles. The third kappa shape index (κ3) is 5.06. The van der Waals surface area contributed by atoms with Crippen LogP contribution in [-0.4, -0.2) is 35.3 Å². The average Bonchev–Trinajstić information content (AvgIpc) is 3.44. The van der Waals surface area contributed by atoms with Gasteiger partial charge >= 0.3 is 0 Å². The summed E-state index contributed by atoms with van der Waals surface area (Å²) in [5.74, 6) is 1.31. The molecule has 0 fully saturated rings. The van der Waals surface area contributed by atoms with Gasteiger partial charge in [-0.05, 0) is 59.9 Å². The van der Waals surface area contributed by atoms with Crippen molar-refractivity contribution in [1.82, 2.24) is 30.2 Å². The summed E-state index contributed by atoms with van der Waals surface area (Å²) in [7, 11) is 0. The quantitative estimate of drug-likeness (QED) is 0.319. The van der Waals surface area contributed by atoms with Gasteiger partial charge in [0, 0.05) is 12.0 Å². The average molecular weight is 495 g/mol. The number of hydrogen-bond acceptors (Lipinski definition) is 6. The minimum atomic E-state index is -1.00. The summed E-state index contributed by atoms with van der Waals surface area (Å²) in [5, 5.41) is 25.4. The SMILES string of the molecule is CCCCc1nc2cc(C(C)(C)O)ccc2c(=O)n1Cc1ccc(-c2ccccc2-c2nn[nH]n2)cc1. The lowest BCUT2D eigenvalue weighted by molar-refractivity contribution is 0.0787. The Bertz CT molecular complexity index is 1580. The Balaban J connectivity index is 1.51. The summed E-state index contributed by atoms with van der Waals surface area (Å²) >= 11 is 0. The number of nitrogens with one attached hydrogen (secondary N) is 1. The largest absolute Gasteiger partial charge is 0.386 e. The molecule has 0 aliphatic rings. The van der Waals surface area contributed by atoms with E-state index < -0.39 is 5.60 Å². The predicted octanol–water partition coefficient (Wildman–Crippen LogP) is 4.86. The van der Waals surface area contributed by atoms with Crippen molar-refractivity contribution in [2.75, 3.05) is 0 Å². The van der Waals surface area contributed by atoms with Crippen molar-refractivity contribution in [2.45, 2.75) is 52.2 Å². The molecule has 0 aliphatic heterocycles. The monoisotopic (exact) mass is 494 g/mol. The molecule has 2 aromatic heterocycles. The van der Waals surface area contributed by atoms with Gasteiger partial charge in [0.2, 0.25) is 5.82 Å². The van der Waals surface area contributed by atoms with Crippen LogP contribution in [0.5, 0.6) is 0 Å². The number of aliphatic hydroxyl groups is 1. The zero-order valence-corrected chi connectivity index (χ0v) is 21.3. The van der Waals surface area contributed by atoms with Gasteiger partial charge in [-0.1, -0.05) is 67.9 Å². The van der Waals surface area contributed by atoms with Crippen LogP contribution in [0.15, 0.2) is 71.5 Å². The molecule has 0 radical (unpaired) electrons. The zero-order valence-electron chi connectivity index (χ0n) is 21.3. The van der Waals surface area contributed by atoms with Crippen LogP contribution in [0.3, 0.4) is 0 Å². The summed E-state index contributed by atoms with van der Waals surface area (Å²) in [6.45, 7) is 6.02.